The molecule has 0 amide bonds. The van der Waals surface area contributed by atoms with Gasteiger partial charge >= 0.3 is 5.97 Å². The van der Waals surface area contributed by atoms with E-state index in [1.807, 2.05) is 13.8 Å². The zero-order valence-corrected chi connectivity index (χ0v) is 11.7. The van der Waals surface area contributed by atoms with E-state index >= 15 is 0 Å². The Labute approximate surface area is 113 Å². The van der Waals surface area contributed by atoms with E-state index in [0.717, 1.165) is 6.42 Å². The first-order valence-corrected chi connectivity index (χ1v) is 6.52. The third-order valence-electron chi connectivity index (χ3n) is 3.46. The van der Waals surface area contributed by atoms with E-state index in [9.17, 15) is 4.79 Å². The van der Waals surface area contributed by atoms with E-state index < -0.39 is 12.1 Å². The smallest absolute Gasteiger partial charge is 0.302 e. The summed E-state index contributed by atoms with van der Waals surface area (Å²) in [6.45, 7) is 9.01. The summed E-state index contributed by atoms with van der Waals surface area (Å²) in [6, 6.07) is -0.510. The van der Waals surface area contributed by atoms with Crippen molar-refractivity contribution in [2.24, 2.45) is 11.0 Å². The molecule has 6 nitrogen and oxygen atoms in total. The maximum absolute atomic E-state index is 11.2. The molecule has 19 heavy (non-hydrogen) atoms. The highest BCUT2D eigenvalue weighted by Crippen LogP contribution is 2.33. The first-order valence-electron chi connectivity index (χ1n) is 6.52. The number of carbonyl (C=O) groups is 1. The fraction of sp³-hybridized carbons (Fsp3) is 0.769. The first kappa shape index (κ1) is 15.5. The minimum atomic E-state index is -0.510. The van der Waals surface area contributed by atoms with Crippen LogP contribution in [0.4, 0.5) is 0 Å². The van der Waals surface area contributed by atoms with Crippen molar-refractivity contribution in [2.45, 2.75) is 58.0 Å². The molecule has 1 unspecified atom stereocenters. The number of nitrogens with zero attached hydrogens (tertiary/aromatic N) is 3. The summed E-state index contributed by atoms with van der Waals surface area (Å²) in [6.07, 6.45) is 2.34. The van der Waals surface area contributed by atoms with E-state index in [2.05, 4.69) is 16.6 Å². The lowest BCUT2D eigenvalue weighted by molar-refractivity contribution is -0.177. The van der Waals surface area contributed by atoms with Crippen molar-refractivity contribution in [1.29, 1.82) is 0 Å². The Morgan fingerprint density at radius 2 is 2.26 bits per heavy atom. The summed E-state index contributed by atoms with van der Waals surface area (Å²) >= 11 is 0. The molecule has 0 aromatic heterocycles. The number of carbonyl (C=O) groups excluding carboxylic acids is 1. The number of azide groups is 1. The van der Waals surface area contributed by atoms with Crippen molar-refractivity contribution < 1.29 is 14.3 Å². The molecule has 1 aliphatic heterocycles. The van der Waals surface area contributed by atoms with Crippen LogP contribution in [-0.2, 0) is 14.3 Å². The van der Waals surface area contributed by atoms with Crippen LogP contribution in [0.25, 0.3) is 10.4 Å². The van der Waals surface area contributed by atoms with Crippen molar-refractivity contribution in [1.82, 2.24) is 0 Å². The first-order chi connectivity index (χ1) is 9.04. The Morgan fingerprint density at radius 3 is 2.74 bits per heavy atom. The molecule has 1 fully saturated rings. The molecule has 0 aromatic rings. The van der Waals surface area contributed by atoms with Gasteiger partial charge in [0.2, 0.25) is 0 Å². The maximum Gasteiger partial charge on any atom is 0.302 e. The topological polar surface area (TPSA) is 84.3 Å². The van der Waals surface area contributed by atoms with Gasteiger partial charge in [0.25, 0.3) is 0 Å². The van der Waals surface area contributed by atoms with Gasteiger partial charge in [-0.05, 0) is 18.4 Å². The molecule has 0 N–H and O–H groups in total. The average molecular weight is 267 g/mol. The van der Waals surface area contributed by atoms with Crippen LogP contribution in [0.5, 0.6) is 0 Å². The summed E-state index contributed by atoms with van der Waals surface area (Å²) in [7, 11) is 0. The van der Waals surface area contributed by atoms with Gasteiger partial charge < -0.3 is 9.47 Å². The van der Waals surface area contributed by atoms with Crippen molar-refractivity contribution in [2.75, 3.05) is 0 Å². The molecule has 1 aliphatic rings. The molecular formula is C13H21N3O3. The highest BCUT2D eigenvalue weighted by molar-refractivity contribution is 5.66. The third-order valence-corrected chi connectivity index (χ3v) is 3.46. The van der Waals surface area contributed by atoms with Gasteiger partial charge in [-0.2, -0.15) is 0 Å². The minimum Gasteiger partial charge on any atom is -0.462 e. The molecule has 0 spiro atoms. The van der Waals surface area contributed by atoms with E-state index in [-0.39, 0.29) is 24.1 Å². The van der Waals surface area contributed by atoms with Crippen LogP contribution < -0.4 is 0 Å². The lowest BCUT2D eigenvalue weighted by Gasteiger charge is -2.43. The van der Waals surface area contributed by atoms with Crippen LogP contribution in [0, 0.1) is 5.92 Å². The minimum absolute atomic E-state index is 0.00883. The van der Waals surface area contributed by atoms with Crippen LogP contribution in [0.2, 0.25) is 0 Å². The lowest BCUT2D eigenvalue weighted by Crippen LogP contribution is -2.53. The highest BCUT2D eigenvalue weighted by atomic mass is 16.6. The highest BCUT2D eigenvalue weighted by Gasteiger charge is 2.44. The maximum atomic E-state index is 11.2. The van der Waals surface area contributed by atoms with Crippen molar-refractivity contribution in [3.05, 3.63) is 23.1 Å². The van der Waals surface area contributed by atoms with E-state index in [0.29, 0.717) is 6.42 Å². The van der Waals surface area contributed by atoms with E-state index in [4.69, 9.17) is 15.0 Å². The Morgan fingerprint density at radius 1 is 1.58 bits per heavy atom. The van der Waals surface area contributed by atoms with Gasteiger partial charge in [-0.1, -0.05) is 25.0 Å². The summed E-state index contributed by atoms with van der Waals surface area (Å²) in [5.41, 5.74) is 8.70. The monoisotopic (exact) mass is 267 g/mol. The van der Waals surface area contributed by atoms with Crippen LogP contribution >= 0.6 is 0 Å². The fourth-order valence-electron chi connectivity index (χ4n) is 2.56. The summed E-state index contributed by atoms with van der Waals surface area (Å²) in [5.74, 6) is -0.380. The van der Waals surface area contributed by atoms with Gasteiger partial charge in [-0.25, -0.2) is 0 Å². The molecule has 0 saturated carbocycles. The van der Waals surface area contributed by atoms with Crippen LogP contribution in [0.1, 0.15) is 33.6 Å². The van der Waals surface area contributed by atoms with Gasteiger partial charge in [0, 0.05) is 17.8 Å². The van der Waals surface area contributed by atoms with Gasteiger partial charge in [0.15, 0.2) is 0 Å². The SMILES string of the molecule is C=CCC1O[C@H](CC)[C@H](C)[C@H](OC(C)=O)[C@H]1N=[N+]=[N-]. The van der Waals surface area contributed by atoms with Gasteiger partial charge in [-0.3, -0.25) is 4.79 Å². The van der Waals surface area contributed by atoms with Crippen molar-refractivity contribution >= 4 is 5.97 Å². The summed E-state index contributed by atoms with van der Waals surface area (Å²) in [5, 5.41) is 3.77. The average Bonchev–Trinajstić information content (AvgIpc) is 2.36. The number of ether oxygens (including phenoxy) is 2. The van der Waals surface area contributed by atoms with Gasteiger partial charge in [0.05, 0.1) is 12.2 Å². The molecule has 1 heterocycles. The largest absolute Gasteiger partial charge is 0.462 e. The molecule has 6 heteroatoms. The van der Waals surface area contributed by atoms with Crippen LogP contribution in [0.15, 0.2) is 17.8 Å². The second kappa shape index (κ2) is 7.16. The quantitative estimate of drug-likeness (QED) is 0.252. The molecule has 5 atom stereocenters. The molecule has 1 saturated heterocycles. The molecule has 0 aliphatic carbocycles. The zero-order chi connectivity index (χ0) is 14.4. The standard InChI is InChI=1S/C13H21N3O3/c1-5-7-11-12(15-16-14)13(18-9(4)17)8(3)10(6-2)19-11/h5,8,10-13H,1,6-7H2,2-4H3/t8-,10+,11?,12-,13-/m0/s1. The molecule has 106 valence electrons. The fourth-order valence-corrected chi connectivity index (χ4v) is 2.56. The normalized spacial score (nSPS) is 34.2. The predicted octanol–water partition coefficient (Wildman–Crippen LogP) is 2.99. The van der Waals surface area contributed by atoms with Crippen LogP contribution in [-0.4, -0.2) is 30.3 Å². The lowest BCUT2D eigenvalue weighted by atomic mass is 9.84. The Bertz CT molecular complexity index is 379. The Hall–Kier alpha value is -1.52. The molecule has 0 bridgehead atoms. The Kier molecular flexibility index (Phi) is 5.86. The number of esters is 1. The number of hydrogen-bond donors (Lipinski definition) is 0. The van der Waals surface area contributed by atoms with E-state index in [1.165, 1.54) is 6.92 Å². The zero-order valence-electron chi connectivity index (χ0n) is 11.7. The molecule has 0 aromatic carbocycles. The van der Waals surface area contributed by atoms with Crippen molar-refractivity contribution in [3.63, 3.8) is 0 Å². The third kappa shape index (κ3) is 3.72. The summed E-state index contributed by atoms with van der Waals surface area (Å²) in [4.78, 5) is 14.1. The number of rotatable bonds is 5. The predicted molar refractivity (Wildman–Crippen MR) is 71.4 cm³/mol. The molecule has 1 rings (SSSR count). The van der Waals surface area contributed by atoms with Gasteiger partial charge in [-0.15, -0.1) is 6.58 Å². The molecular weight excluding hydrogens is 246 g/mol. The number of hydrogen-bond acceptors (Lipinski definition) is 4. The van der Waals surface area contributed by atoms with E-state index in [1.54, 1.807) is 6.08 Å². The second-order valence-electron chi connectivity index (χ2n) is 4.77. The summed E-state index contributed by atoms with van der Waals surface area (Å²) < 4.78 is 11.3. The van der Waals surface area contributed by atoms with Gasteiger partial charge in [0.1, 0.15) is 12.1 Å². The van der Waals surface area contributed by atoms with Crippen LogP contribution in [0.3, 0.4) is 0 Å². The molecule has 0 radical (unpaired) electrons. The van der Waals surface area contributed by atoms with Crippen molar-refractivity contribution in [3.8, 4) is 0 Å². The Balaban J connectivity index is 3.03. The second-order valence-corrected chi connectivity index (χ2v) is 4.77.